The first-order valence-corrected chi connectivity index (χ1v) is 6.03. The van der Waals surface area contributed by atoms with Gasteiger partial charge in [0.2, 0.25) is 5.88 Å². The molecule has 98 valence electrons. The molecule has 0 saturated carbocycles. The number of carbonyl (C=O) groups is 1. The molecular weight excluding hydrogens is 240 g/mol. The summed E-state index contributed by atoms with van der Waals surface area (Å²) in [5.74, 6) is 0.480. The normalized spacial score (nSPS) is 10.0. The molecule has 4 nitrogen and oxygen atoms in total. The van der Waals surface area contributed by atoms with Crippen molar-refractivity contribution in [1.29, 1.82) is 0 Å². The number of ether oxygens (including phenoxy) is 1. The second-order valence-electron chi connectivity index (χ2n) is 4.26. The lowest BCUT2D eigenvalue weighted by Gasteiger charge is -2.06. The fraction of sp³-hybridized carbons (Fsp3) is 0.200. The summed E-state index contributed by atoms with van der Waals surface area (Å²) in [5, 5.41) is 2.86. The van der Waals surface area contributed by atoms with Gasteiger partial charge >= 0.3 is 0 Å². The molecule has 0 atom stereocenters. The van der Waals surface area contributed by atoms with Crippen LogP contribution in [0.3, 0.4) is 0 Å². The van der Waals surface area contributed by atoms with E-state index in [1.807, 2.05) is 31.2 Å². The van der Waals surface area contributed by atoms with E-state index >= 15 is 0 Å². The summed E-state index contributed by atoms with van der Waals surface area (Å²) in [6.45, 7) is 2.41. The van der Waals surface area contributed by atoms with Crippen LogP contribution < -0.4 is 10.1 Å². The number of hydrogen-bond acceptors (Lipinski definition) is 3. The summed E-state index contributed by atoms with van der Waals surface area (Å²) in [5.41, 5.74) is 2.67. The zero-order valence-electron chi connectivity index (χ0n) is 11.0. The van der Waals surface area contributed by atoms with E-state index in [0.717, 1.165) is 11.1 Å². The number of nitrogens with zero attached hydrogens (tertiary/aromatic N) is 1. The van der Waals surface area contributed by atoms with Gasteiger partial charge in [0.05, 0.1) is 7.11 Å². The molecule has 0 unspecified atom stereocenters. The van der Waals surface area contributed by atoms with Crippen molar-refractivity contribution in [2.24, 2.45) is 0 Å². The van der Waals surface area contributed by atoms with E-state index < -0.39 is 0 Å². The lowest BCUT2D eigenvalue weighted by Crippen LogP contribution is -2.22. The Labute approximate surface area is 112 Å². The molecule has 0 saturated heterocycles. The average Bonchev–Trinajstić information content (AvgIpc) is 2.45. The van der Waals surface area contributed by atoms with Crippen molar-refractivity contribution in [3.63, 3.8) is 0 Å². The number of carbonyl (C=O) groups excluding carboxylic acids is 1. The SMILES string of the molecule is COc1ccc(CNC(=O)c2cccc(C)c2)cn1. The minimum atomic E-state index is -0.0838. The summed E-state index contributed by atoms with van der Waals surface area (Å²) in [4.78, 5) is 16.0. The summed E-state index contributed by atoms with van der Waals surface area (Å²) in [7, 11) is 1.57. The molecule has 0 aliphatic heterocycles. The van der Waals surface area contributed by atoms with Crippen LogP contribution in [-0.2, 0) is 6.54 Å². The highest BCUT2D eigenvalue weighted by Crippen LogP contribution is 2.07. The van der Waals surface area contributed by atoms with Crippen molar-refractivity contribution in [3.05, 3.63) is 59.3 Å². The maximum absolute atomic E-state index is 11.9. The number of pyridine rings is 1. The second kappa shape index (κ2) is 6.00. The van der Waals surface area contributed by atoms with Gasteiger partial charge in [0, 0.05) is 24.4 Å². The molecule has 2 aromatic rings. The number of rotatable bonds is 4. The van der Waals surface area contributed by atoms with Crippen LogP contribution in [0.2, 0.25) is 0 Å². The third kappa shape index (κ3) is 3.55. The molecule has 19 heavy (non-hydrogen) atoms. The Kier molecular flexibility index (Phi) is 4.13. The number of aromatic nitrogens is 1. The molecule has 1 amide bonds. The van der Waals surface area contributed by atoms with E-state index in [4.69, 9.17) is 4.74 Å². The van der Waals surface area contributed by atoms with Crippen LogP contribution in [0, 0.1) is 6.92 Å². The van der Waals surface area contributed by atoms with Gasteiger partial charge < -0.3 is 10.1 Å². The van der Waals surface area contributed by atoms with Crippen molar-refractivity contribution in [2.45, 2.75) is 13.5 Å². The summed E-state index contributed by atoms with van der Waals surface area (Å²) < 4.78 is 4.98. The molecule has 0 bridgehead atoms. The maximum Gasteiger partial charge on any atom is 0.251 e. The summed E-state index contributed by atoms with van der Waals surface area (Å²) in [6.07, 6.45) is 1.69. The number of amides is 1. The number of hydrogen-bond donors (Lipinski definition) is 1. The van der Waals surface area contributed by atoms with Crippen LogP contribution in [0.25, 0.3) is 0 Å². The average molecular weight is 256 g/mol. The van der Waals surface area contributed by atoms with Gasteiger partial charge in [-0.1, -0.05) is 23.8 Å². The fourth-order valence-electron chi connectivity index (χ4n) is 1.71. The van der Waals surface area contributed by atoms with Gasteiger partial charge in [-0.25, -0.2) is 4.98 Å². The predicted octanol–water partition coefficient (Wildman–Crippen LogP) is 2.33. The van der Waals surface area contributed by atoms with Crippen molar-refractivity contribution >= 4 is 5.91 Å². The number of aryl methyl sites for hydroxylation is 1. The Bertz CT molecular complexity index is 565. The zero-order chi connectivity index (χ0) is 13.7. The minimum absolute atomic E-state index is 0.0838. The highest BCUT2D eigenvalue weighted by atomic mass is 16.5. The molecule has 0 aliphatic rings. The highest BCUT2D eigenvalue weighted by molar-refractivity contribution is 5.94. The first kappa shape index (κ1) is 13.1. The molecule has 1 aromatic heterocycles. The molecule has 2 rings (SSSR count). The van der Waals surface area contributed by atoms with Gasteiger partial charge in [-0.15, -0.1) is 0 Å². The van der Waals surface area contributed by atoms with Gasteiger partial charge in [0.1, 0.15) is 0 Å². The third-order valence-corrected chi connectivity index (χ3v) is 2.74. The number of benzene rings is 1. The summed E-state index contributed by atoms with van der Waals surface area (Å²) in [6, 6.07) is 11.1. The third-order valence-electron chi connectivity index (χ3n) is 2.74. The van der Waals surface area contributed by atoms with Crippen LogP contribution in [-0.4, -0.2) is 18.0 Å². The van der Waals surface area contributed by atoms with Gasteiger partial charge in [-0.05, 0) is 24.6 Å². The standard InChI is InChI=1S/C15H16N2O2/c1-11-4-3-5-13(8-11)15(18)17-10-12-6-7-14(19-2)16-9-12/h3-9H,10H2,1-2H3,(H,17,18). The van der Waals surface area contributed by atoms with Crippen molar-refractivity contribution in [1.82, 2.24) is 10.3 Å². The van der Waals surface area contributed by atoms with Gasteiger partial charge in [-0.3, -0.25) is 4.79 Å². The van der Waals surface area contributed by atoms with E-state index in [9.17, 15) is 4.79 Å². The molecule has 0 fully saturated rings. The summed E-state index contributed by atoms with van der Waals surface area (Å²) >= 11 is 0. The second-order valence-corrected chi connectivity index (χ2v) is 4.26. The van der Waals surface area contributed by atoms with E-state index in [-0.39, 0.29) is 5.91 Å². The Morgan fingerprint density at radius 2 is 2.16 bits per heavy atom. The van der Waals surface area contributed by atoms with Crippen molar-refractivity contribution < 1.29 is 9.53 Å². The monoisotopic (exact) mass is 256 g/mol. The lowest BCUT2D eigenvalue weighted by molar-refractivity contribution is 0.0951. The molecule has 1 heterocycles. The number of nitrogens with one attached hydrogen (secondary N) is 1. The first-order valence-electron chi connectivity index (χ1n) is 6.03. The molecule has 0 aliphatic carbocycles. The van der Waals surface area contributed by atoms with Gasteiger partial charge in [0.15, 0.2) is 0 Å². The predicted molar refractivity (Wildman–Crippen MR) is 73.1 cm³/mol. The molecule has 0 radical (unpaired) electrons. The van der Waals surface area contributed by atoms with E-state index in [2.05, 4.69) is 10.3 Å². The molecular formula is C15H16N2O2. The quantitative estimate of drug-likeness (QED) is 0.913. The largest absolute Gasteiger partial charge is 0.481 e. The minimum Gasteiger partial charge on any atom is -0.481 e. The Morgan fingerprint density at radius 3 is 2.79 bits per heavy atom. The molecule has 4 heteroatoms. The molecule has 1 aromatic carbocycles. The lowest BCUT2D eigenvalue weighted by atomic mass is 10.1. The zero-order valence-corrected chi connectivity index (χ0v) is 11.0. The van der Waals surface area contributed by atoms with Crippen LogP contribution in [0.15, 0.2) is 42.6 Å². The fourth-order valence-corrected chi connectivity index (χ4v) is 1.71. The topological polar surface area (TPSA) is 51.2 Å². The highest BCUT2D eigenvalue weighted by Gasteiger charge is 2.05. The first-order chi connectivity index (χ1) is 9.19. The van der Waals surface area contributed by atoms with E-state index in [1.165, 1.54) is 0 Å². The van der Waals surface area contributed by atoms with Crippen LogP contribution >= 0.6 is 0 Å². The molecule has 1 N–H and O–H groups in total. The van der Waals surface area contributed by atoms with Crippen molar-refractivity contribution in [3.8, 4) is 5.88 Å². The Morgan fingerprint density at radius 1 is 1.32 bits per heavy atom. The van der Waals surface area contributed by atoms with Gasteiger partial charge in [0.25, 0.3) is 5.91 Å². The van der Waals surface area contributed by atoms with Crippen LogP contribution in [0.5, 0.6) is 5.88 Å². The number of methoxy groups -OCH3 is 1. The van der Waals surface area contributed by atoms with Crippen LogP contribution in [0.1, 0.15) is 21.5 Å². The van der Waals surface area contributed by atoms with Gasteiger partial charge in [-0.2, -0.15) is 0 Å². The molecule has 0 spiro atoms. The Hall–Kier alpha value is -2.36. The van der Waals surface area contributed by atoms with Crippen molar-refractivity contribution in [2.75, 3.05) is 7.11 Å². The maximum atomic E-state index is 11.9. The van der Waals surface area contributed by atoms with E-state index in [1.54, 1.807) is 25.4 Å². The Balaban J connectivity index is 1.96. The van der Waals surface area contributed by atoms with Crippen LogP contribution in [0.4, 0.5) is 0 Å². The van der Waals surface area contributed by atoms with E-state index in [0.29, 0.717) is 18.0 Å². The smallest absolute Gasteiger partial charge is 0.251 e.